The van der Waals surface area contributed by atoms with Crippen molar-refractivity contribution in [2.75, 3.05) is 18.0 Å². The van der Waals surface area contributed by atoms with Crippen LogP contribution < -0.4 is 20.6 Å². The van der Waals surface area contributed by atoms with Gasteiger partial charge in [0, 0.05) is 24.5 Å². The predicted octanol–water partition coefficient (Wildman–Crippen LogP) is 3.70. The van der Waals surface area contributed by atoms with Gasteiger partial charge in [0.2, 0.25) is 0 Å². The zero-order chi connectivity index (χ0) is 21.3. The van der Waals surface area contributed by atoms with E-state index in [1.165, 1.54) is 0 Å². The first kappa shape index (κ1) is 20.0. The first-order valence-electron chi connectivity index (χ1n) is 10.3. The first-order valence-corrected chi connectivity index (χ1v) is 10.3. The number of aryl methyl sites for hydroxylation is 2. The van der Waals surface area contributed by atoms with Crippen LogP contribution in [0.5, 0.6) is 5.75 Å². The van der Waals surface area contributed by atoms with Gasteiger partial charge in [0.1, 0.15) is 11.3 Å². The number of amides is 1. The maximum absolute atomic E-state index is 12.6. The number of hydrogen-bond acceptors (Lipinski definition) is 5. The summed E-state index contributed by atoms with van der Waals surface area (Å²) in [6.45, 7) is 7.46. The van der Waals surface area contributed by atoms with Gasteiger partial charge in [-0.05, 0) is 49.1 Å². The van der Waals surface area contributed by atoms with E-state index in [1.807, 2.05) is 57.2 Å². The average molecular weight is 406 g/mol. The summed E-state index contributed by atoms with van der Waals surface area (Å²) in [7, 11) is 0. The molecule has 1 amide bonds. The maximum Gasteiger partial charge on any atom is 0.336 e. The van der Waals surface area contributed by atoms with Crippen LogP contribution in [0.4, 0.5) is 5.69 Å². The van der Waals surface area contributed by atoms with Crippen LogP contribution in [0.1, 0.15) is 30.0 Å². The van der Waals surface area contributed by atoms with Crippen molar-refractivity contribution in [1.29, 1.82) is 0 Å². The third-order valence-corrected chi connectivity index (χ3v) is 5.58. The quantitative estimate of drug-likeness (QED) is 0.654. The van der Waals surface area contributed by atoms with Gasteiger partial charge < -0.3 is 19.4 Å². The number of rotatable bonds is 5. The summed E-state index contributed by atoms with van der Waals surface area (Å²) in [6, 6.07) is 13.2. The highest BCUT2D eigenvalue weighted by Crippen LogP contribution is 2.35. The highest BCUT2D eigenvalue weighted by atomic mass is 16.5. The van der Waals surface area contributed by atoms with Gasteiger partial charge in [-0.2, -0.15) is 0 Å². The van der Waals surface area contributed by atoms with Crippen LogP contribution in [-0.4, -0.2) is 25.1 Å². The van der Waals surface area contributed by atoms with E-state index in [0.29, 0.717) is 31.0 Å². The topological polar surface area (TPSA) is 71.8 Å². The van der Waals surface area contributed by atoms with Crippen molar-refractivity contribution >= 4 is 22.6 Å². The number of para-hydroxylation sites is 2. The lowest BCUT2D eigenvalue weighted by Gasteiger charge is -2.35. The monoisotopic (exact) mass is 406 g/mol. The Morgan fingerprint density at radius 3 is 2.80 bits per heavy atom. The average Bonchev–Trinajstić information content (AvgIpc) is 2.74. The molecule has 1 atom stereocenters. The zero-order valence-electron chi connectivity index (χ0n) is 17.5. The van der Waals surface area contributed by atoms with Crippen molar-refractivity contribution < 1.29 is 13.9 Å². The number of hydrogen-bond donors (Lipinski definition) is 1. The van der Waals surface area contributed by atoms with Gasteiger partial charge in [-0.1, -0.05) is 31.2 Å². The summed E-state index contributed by atoms with van der Waals surface area (Å²) in [4.78, 5) is 27.0. The van der Waals surface area contributed by atoms with Gasteiger partial charge in [0.05, 0.1) is 12.2 Å². The van der Waals surface area contributed by atoms with Crippen LogP contribution in [0.2, 0.25) is 0 Å². The Balaban J connectivity index is 1.72. The molecule has 1 N–H and O–H groups in total. The van der Waals surface area contributed by atoms with Crippen molar-refractivity contribution in [1.82, 2.24) is 5.32 Å². The largest absolute Gasteiger partial charge is 0.477 e. The van der Waals surface area contributed by atoms with E-state index in [0.717, 1.165) is 34.2 Å². The number of fused-ring (bicyclic) bond motifs is 2. The second-order valence-electron chi connectivity index (χ2n) is 7.72. The Hall–Kier alpha value is -3.28. The summed E-state index contributed by atoms with van der Waals surface area (Å²) >= 11 is 0. The molecule has 0 bridgehead atoms. The Labute approximate surface area is 175 Å². The molecule has 0 unspecified atom stereocenters. The van der Waals surface area contributed by atoms with Gasteiger partial charge in [-0.3, -0.25) is 4.79 Å². The third-order valence-electron chi connectivity index (χ3n) is 5.58. The number of carbonyl (C=O) groups is 1. The van der Waals surface area contributed by atoms with Crippen molar-refractivity contribution in [3.63, 3.8) is 0 Å². The van der Waals surface area contributed by atoms with E-state index in [2.05, 4.69) is 10.2 Å². The Kier molecular flexibility index (Phi) is 5.48. The van der Waals surface area contributed by atoms with Crippen LogP contribution >= 0.6 is 0 Å². The number of benzene rings is 2. The molecule has 30 heavy (non-hydrogen) atoms. The van der Waals surface area contributed by atoms with Crippen molar-refractivity contribution in [2.45, 2.75) is 39.8 Å². The molecule has 2 aromatic carbocycles. The van der Waals surface area contributed by atoms with Crippen LogP contribution in [0.3, 0.4) is 0 Å². The molecule has 4 rings (SSSR count). The van der Waals surface area contributed by atoms with E-state index >= 15 is 0 Å². The minimum atomic E-state index is -0.609. The van der Waals surface area contributed by atoms with Crippen LogP contribution in [-0.2, 0) is 11.3 Å². The summed E-state index contributed by atoms with van der Waals surface area (Å²) in [5.74, 6) is 0.542. The molecule has 0 spiro atoms. The summed E-state index contributed by atoms with van der Waals surface area (Å²) in [5.41, 5.74) is 4.06. The standard InChI is InChI=1S/C24H26N2O4/c1-4-11-25-24(28)21-14-26(19-7-5-6-8-20(19)29-21)13-17-12-22(27)30-23-16(3)15(2)9-10-18(17)23/h5-10,12,21H,4,11,13-14H2,1-3H3,(H,25,28)/t21-/m1/s1. The molecular weight excluding hydrogens is 380 g/mol. The van der Waals surface area contributed by atoms with E-state index in [9.17, 15) is 9.59 Å². The minimum Gasteiger partial charge on any atom is -0.477 e. The van der Waals surface area contributed by atoms with Crippen LogP contribution in [0, 0.1) is 13.8 Å². The number of nitrogens with one attached hydrogen (secondary N) is 1. The molecule has 156 valence electrons. The SMILES string of the molecule is CCCNC(=O)[C@H]1CN(Cc2cc(=O)oc3c(C)c(C)ccc23)c2ccccc2O1. The van der Waals surface area contributed by atoms with Crippen LogP contribution in [0.15, 0.2) is 51.7 Å². The van der Waals surface area contributed by atoms with Gasteiger partial charge >= 0.3 is 5.63 Å². The van der Waals surface area contributed by atoms with Gasteiger partial charge in [-0.15, -0.1) is 0 Å². The lowest BCUT2D eigenvalue weighted by atomic mass is 10.0. The molecule has 6 nitrogen and oxygen atoms in total. The fraction of sp³-hybridized carbons (Fsp3) is 0.333. The fourth-order valence-corrected chi connectivity index (χ4v) is 3.82. The molecule has 3 aromatic rings. The smallest absolute Gasteiger partial charge is 0.336 e. The van der Waals surface area contributed by atoms with Crippen molar-refractivity contribution in [2.24, 2.45) is 0 Å². The molecule has 1 aliphatic heterocycles. The Morgan fingerprint density at radius 1 is 1.20 bits per heavy atom. The molecular formula is C24H26N2O4. The molecule has 2 heterocycles. The summed E-state index contributed by atoms with van der Waals surface area (Å²) in [6.07, 6.45) is 0.255. The number of ether oxygens (including phenoxy) is 1. The molecule has 0 radical (unpaired) electrons. The molecule has 1 aliphatic rings. The number of nitrogens with zero attached hydrogens (tertiary/aromatic N) is 1. The van der Waals surface area contributed by atoms with Crippen LogP contribution in [0.25, 0.3) is 11.0 Å². The van der Waals surface area contributed by atoms with Gasteiger partial charge in [-0.25, -0.2) is 4.79 Å². The second-order valence-corrected chi connectivity index (χ2v) is 7.72. The third kappa shape index (κ3) is 3.77. The van der Waals surface area contributed by atoms with Gasteiger partial charge in [0.15, 0.2) is 6.10 Å². The molecule has 0 fully saturated rings. The molecule has 0 aliphatic carbocycles. The lowest BCUT2D eigenvalue weighted by Crippen LogP contribution is -2.49. The Morgan fingerprint density at radius 2 is 2.00 bits per heavy atom. The lowest BCUT2D eigenvalue weighted by molar-refractivity contribution is -0.127. The van der Waals surface area contributed by atoms with E-state index in [-0.39, 0.29) is 11.5 Å². The zero-order valence-corrected chi connectivity index (χ0v) is 17.5. The first-order chi connectivity index (χ1) is 14.5. The highest BCUT2D eigenvalue weighted by Gasteiger charge is 2.30. The number of anilines is 1. The van der Waals surface area contributed by atoms with E-state index in [4.69, 9.17) is 9.15 Å². The van der Waals surface area contributed by atoms with Crippen molar-refractivity contribution in [3.05, 3.63) is 69.6 Å². The summed E-state index contributed by atoms with van der Waals surface area (Å²) < 4.78 is 11.5. The minimum absolute atomic E-state index is 0.125. The maximum atomic E-state index is 12.6. The van der Waals surface area contributed by atoms with Crippen molar-refractivity contribution in [3.8, 4) is 5.75 Å². The highest BCUT2D eigenvalue weighted by molar-refractivity contribution is 5.85. The molecule has 0 saturated carbocycles. The number of carbonyl (C=O) groups excluding carboxylic acids is 1. The van der Waals surface area contributed by atoms with Gasteiger partial charge in [0.25, 0.3) is 5.91 Å². The Bertz CT molecular complexity index is 1150. The van der Waals surface area contributed by atoms with E-state index in [1.54, 1.807) is 6.07 Å². The summed E-state index contributed by atoms with van der Waals surface area (Å²) in [5, 5.41) is 3.82. The molecule has 1 aromatic heterocycles. The molecule has 0 saturated heterocycles. The van der Waals surface area contributed by atoms with E-state index < -0.39 is 6.10 Å². The fourth-order valence-electron chi connectivity index (χ4n) is 3.82. The molecule has 6 heteroatoms. The predicted molar refractivity (Wildman–Crippen MR) is 117 cm³/mol. The second kappa shape index (κ2) is 8.22. The normalized spacial score (nSPS) is 15.6.